The smallest absolute Gasteiger partial charge is 0.269 e. The van der Waals surface area contributed by atoms with E-state index in [0.717, 1.165) is 0 Å². The van der Waals surface area contributed by atoms with Gasteiger partial charge in [-0.2, -0.15) is 0 Å². The lowest BCUT2D eigenvalue weighted by molar-refractivity contribution is -0.384. The molecule has 1 aromatic rings. The SMILES string of the molecule is CC(C)(O)CS(=O)(=O)Cc1ccc([N+](=O)[O-])cc1. The number of rotatable bonds is 5. The molecule has 0 aliphatic carbocycles. The number of aliphatic hydroxyl groups is 1. The molecule has 0 bridgehead atoms. The summed E-state index contributed by atoms with van der Waals surface area (Å²) in [7, 11) is -3.45. The van der Waals surface area contributed by atoms with Crippen LogP contribution in [-0.4, -0.2) is 29.8 Å². The van der Waals surface area contributed by atoms with E-state index < -0.39 is 20.4 Å². The monoisotopic (exact) mass is 273 g/mol. The Morgan fingerprint density at radius 3 is 2.17 bits per heavy atom. The van der Waals surface area contributed by atoms with Gasteiger partial charge in [-0.25, -0.2) is 8.42 Å². The van der Waals surface area contributed by atoms with Crippen molar-refractivity contribution in [1.82, 2.24) is 0 Å². The first kappa shape index (κ1) is 14.6. The van der Waals surface area contributed by atoms with Crippen LogP contribution in [0.1, 0.15) is 19.4 Å². The van der Waals surface area contributed by atoms with Crippen molar-refractivity contribution in [3.05, 3.63) is 39.9 Å². The number of nitro benzene ring substituents is 1. The zero-order chi connectivity index (χ0) is 14.0. The maximum atomic E-state index is 11.7. The predicted molar refractivity (Wildman–Crippen MR) is 66.9 cm³/mol. The second-order valence-electron chi connectivity index (χ2n) is 4.77. The molecular weight excluding hydrogens is 258 g/mol. The highest BCUT2D eigenvalue weighted by molar-refractivity contribution is 7.90. The molecule has 0 saturated heterocycles. The van der Waals surface area contributed by atoms with Gasteiger partial charge in [0.2, 0.25) is 0 Å². The number of sulfone groups is 1. The first-order valence-corrected chi connectivity index (χ1v) is 7.07. The lowest BCUT2D eigenvalue weighted by Gasteiger charge is -2.16. The molecule has 0 unspecified atom stereocenters. The molecule has 0 amide bonds. The van der Waals surface area contributed by atoms with Crippen molar-refractivity contribution in [2.24, 2.45) is 0 Å². The van der Waals surface area contributed by atoms with Crippen LogP contribution in [0, 0.1) is 10.1 Å². The average molecular weight is 273 g/mol. The standard InChI is InChI=1S/C11H15NO5S/c1-11(2,13)8-18(16,17)7-9-3-5-10(6-4-9)12(14)15/h3-6,13H,7-8H2,1-2H3. The Bertz CT molecular complexity index is 528. The molecule has 0 radical (unpaired) electrons. The summed E-state index contributed by atoms with van der Waals surface area (Å²) in [5.74, 6) is -0.591. The topological polar surface area (TPSA) is 97.5 Å². The zero-order valence-corrected chi connectivity index (χ0v) is 11.0. The van der Waals surface area contributed by atoms with Crippen LogP contribution in [0.4, 0.5) is 5.69 Å². The van der Waals surface area contributed by atoms with Crippen molar-refractivity contribution in [3.63, 3.8) is 0 Å². The molecule has 100 valence electrons. The summed E-state index contributed by atoms with van der Waals surface area (Å²) in [6.07, 6.45) is 0. The van der Waals surface area contributed by atoms with Crippen molar-refractivity contribution in [2.45, 2.75) is 25.2 Å². The lowest BCUT2D eigenvalue weighted by Crippen LogP contribution is -2.30. The molecule has 1 rings (SSSR count). The summed E-state index contributed by atoms with van der Waals surface area (Å²) in [4.78, 5) is 9.89. The van der Waals surface area contributed by atoms with Gasteiger partial charge in [-0.15, -0.1) is 0 Å². The maximum absolute atomic E-state index is 11.7. The van der Waals surface area contributed by atoms with E-state index in [4.69, 9.17) is 0 Å². The molecule has 0 heterocycles. The molecule has 6 nitrogen and oxygen atoms in total. The van der Waals surface area contributed by atoms with E-state index in [1.807, 2.05) is 0 Å². The highest BCUT2D eigenvalue weighted by Crippen LogP contribution is 2.16. The van der Waals surface area contributed by atoms with Gasteiger partial charge in [0, 0.05) is 12.1 Å². The Hall–Kier alpha value is -1.47. The molecule has 7 heteroatoms. The van der Waals surface area contributed by atoms with Crippen LogP contribution in [0.5, 0.6) is 0 Å². The summed E-state index contributed by atoms with van der Waals surface area (Å²) in [5, 5.41) is 19.9. The Balaban J connectivity index is 2.82. The molecule has 0 spiro atoms. The summed E-state index contributed by atoms with van der Waals surface area (Å²) in [6, 6.07) is 5.32. The third kappa shape index (κ3) is 4.80. The maximum Gasteiger partial charge on any atom is 0.269 e. The normalized spacial score (nSPS) is 12.4. The van der Waals surface area contributed by atoms with Crippen LogP contribution in [0.25, 0.3) is 0 Å². The van der Waals surface area contributed by atoms with Crippen LogP contribution in [-0.2, 0) is 15.6 Å². The van der Waals surface area contributed by atoms with Crippen molar-refractivity contribution >= 4 is 15.5 Å². The molecule has 1 aromatic carbocycles. The Morgan fingerprint density at radius 1 is 1.28 bits per heavy atom. The summed E-state index contributed by atoms with van der Waals surface area (Å²) in [5.41, 5.74) is -0.914. The zero-order valence-electron chi connectivity index (χ0n) is 10.2. The highest BCUT2D eigenvalue weighted by Gasteiger charge is 2.23. The van der Waals surface area contributed by atoms with Gasteiger partial charge >= 0.3 is 0 Å². The Labute approximate surface area is 105 Å². The van der Waals surface area contributed by atoms with E-state index >= 15 is 0 Å². The van der Waals surface area contributed by atoms with Crippen LogP contribution in [0.3, 0.4) is 0 Å². The molecule has 0 aliphatic heterocycles. The molecule has 0 fully saturated rings. The third-order valence-corrected chi connectivity index (χ3v) is 4.03. The number of non-ortho nitro benzene ring substituents is 1. The fraction of sp³-hybridized carbons (Fsp3) is 0.455. The predicted octanol–water partition coefficient (Wildman–Crippen LogP) is 1.28. The second kappa shape index (κ2) is 5.03. The van der Waals surface area contributed by atoms with E-state index in [-0.39, 0.29) is 17.2 Å². The Morgan fingerprint density at radius 2 is 1.78 bits per heavy atom. The van der Waals surface area contributed by atoms with Gasteiger partial charge < -0.3 is 5.11 Å². The average Bonchev–Trinajstić information content (AvgIpc) is 2.13. The molecule has 0 saturated carbocycles. The van der Waals surface area contributed by atoms with Gasteiger partial charge in [-0.1, -0.05) is 12.1 Å². The molecular formula is C11H15NO5S. The minimum Gasteiger partial charge on any atom is -0.389 e. The van der Waals surface area contributed by atoms with Gasteiger partial charge in [-0.3, -0.25) is 10.1 Å². The van der Waals surface area contributed by atoms with E-state index in [2.05, 4.69) is 0 Å². The first-order chi connectivity index (χ1) is 8.09. The fourth-order valence-corrected chi connectivity index (χ4v) is 3.44. The van der Waals surface area contributed by atoms with E-state index in [0.29, 0.717) is 5.56 Å². The molecule has 0 aromatic heterocycles. The van der Waals surface area contributed by atoms with Gasteiger partial charge in [0.15, 0.2) is 9.84 Å². The van der Waals surface area contributed by atoms with E-state index in [1.54, 1.807) is 0 Å². The van der Waals surface area contributed by atoms with Gasteiger partial charge in [0.05, 0.1) is 22.0 Å². The molecule has 0 atom stereocenters. The summed E-state index contributed by atoms with van der Waals surface area (Å²) >= 11 is 0. The minimum atomic E-state index is -3.45. The molecule has 18 heavy (non-hydrogen) atoms. The third-order valence-electron chi connectivity index (χ3n) is 2.11. The summed E-state index contributed by atoms with van der Waals surface area (Å²) < 4.78 is 23.5. The largest absolute Gasteiger partial charge is 0.389 e. The molecule has 1 N–H and O–H groups in total. The van der Waals surface area contributed by atoms with Crippen molar-refractivity contribution in [2.75, 3.05) is 5.75 Å². The van der Waals surface area contributed by atoms with Gasteiger partial charge in [-0.05, 0) is 19.4 Å². The van der Waals surface area contributed by atoms with Gasteiger partial charge in [0.25, 0.3) is 5.69 Å². The number of hydrogen-bond acceptors (Lipinski definition) is 5. The fourth-order valence-electron chi connectivity index (χ4n) is 1.56. The van der Waals surface area contributed by atoms with Crippen LogP contribution >= 0.6 is 0 Å². The number of benzene rings is 1. The minimum absolute atomic E-state index is 0.0846. The second-order valence-corrected chi connectivity index (χ2v) is 6.83. The first-order valence-electron chi connectivity index (χ1n) is 5.25. The van der Waals surface area contributed by atoms with Crippen LogP contribution in [0.15, 0.2) is 24.3 Å². The molecule has 0 aliphatic rings. The Kier molecular flexibility index (Phi) is 4.08. The number of nitro groups is 1. The van der Waals surface area contributed by atoms with Crippen molar-refractivity contribution < 1.29 is 18.4 Å². The number of hydrogen-bond donors (Lipinski definition) is 1. The quantitative estimate of drug-likeness (QED) is 0.643. The highest BCUT2D eigenvalue weighted by atomic mass is 32.2. The number of nitrogens with zero attached hydrogens (tertiary/aromatic N) is 1. The summed E-state index contributed by atoms with van der Waals surface area (Å²) in [6.45, 7) is 2.83. The van der Waals surface area contributed by atoms with Crippen molar-refractivity contribution in [3.8, 4) is 0 Å². The van der Waals surface area contributed by atoms with E-state index in [1.165, 1.54) is 38.1 Å². The van der Waals surface area contributed by atoms with E-state index in [9.17, 15) is 23.6 Å². The van der Waals surface area contributed by atoms with Crippen LogP contribution < -0.4 is 0 Å². The van der Waals surface area contributed by atoms with Crippen LogP contribution in [0.2, 0.25) is 0 Å². The van der Waals surface area contributed by atoms with Crippen molar-refractivity contribution in [1.29, 1.82) is 0 Å². The lowest BCUT2D eigenvalue weighted by atomic mass is 10.2. The van der Waals surface area contributed by atoms with Gasteiger partial charge in [0.1, 0.15) is 0 Å².